The summed E-state index contributed by atoms with van der Waals surface area (Å²) in [7, 11) is 0. The Morgan fingerprint density at radius 1 is 1.19 bits per heavy atom. The third kappa shape index (κ3) is 4.31. The van der Waals surface area contributed by atoms with E-state index in [1.54, 1.807) is 0 Å². The van der Waals surface area contributed by atoms with Crippen LogP contribution in [0.25, 0.3) is 0 Å². The van der Waals surface area contributed by atoms with Gasteiger partial charge >= 0.3 is 6.03 Å². The van der Waals surface area contributed by atoms with Crippen molar-refractivity contribution in [2.24, 2.45) is 0 Å². The average molecular weight is 349 g/mol. The summed E-state index contributed by atoms with van der Waals surface area (Å²) >= 11 is 3.45. The van der Waals surface area contributed by atoms with Crippen molar-refractivity contribution in [2.45, 2.75) is 20.1 Å². The molecule has 0 fully saturated rings. The van der Waals surface area contributed by atoms with Gasteiger partial charge in [-0.1, -0.05) is 36.4 Å². The van der Waals surface area contributed by atoms with Crippen LogP contribution >= 0.6 is 15.9 Å². The molecule has 0 heterocycles. The van der Waals surface area contributed by atoms with Crippen molar-refractivity contribution >= 4 is 27.6 Å². The highest BCUT2D eigenvalue weighted by Crippen LogP contribution is 2.25. The lowest BCUT2D eigenvalue weighted by molar-refractivity contribution is 0.251. The molecule has 0 bridgehead atoms. The number of rotatable bonds is 4. The predicted molar refractivity (Wildman–Crippen MR) is 87.1 cm³/mol. The molecule has 0 atom stereocenters. The Kier molecular flexibility index (Phi) is 5.36. The minimum absolute atomic E-state index is 0.00370. The highest BCUT2D eigenvalue weighted by Gasteiger charge is 2.06. The molecule has 3 N–H and O–H groups in total. The van der Waals surface area contributed by atoms with Crippen molar-refractivity contribution < 1.29 is 9.90 Å². The summed E-state index contributed by atoms with van der Waals surface area (Å²) in [5.74, 6) is 0. The Labute approximate surface area is 132 Å². The Morgan fingerprint density at radius 3 is 2.67 bits per heavy atom. The van der Waals surface area contributed by atoms with Crippen LogP contribution in [0.5, 0.6) is 0 Å². The van der Waals surface area contributed by atoms with E-state index in [4.69, 9.17) is 5.11 Å². The lowest BCUT2D eigenvalue weighted by Crippen LogP contribution is -2.28. The summed E-state index contributed by atoms with van der Waals surface area (Å²) in [5, 5.41) is 14.7. The van der Waals surface area contributed by atoms with Gasteiger partial charge in [-0.3, -0.25) is 0 Å². The van der Waals surface area contributed by atoms with Gasteiger partial charge in [0.05, 0.1) is 12.3 Å². The van der Waals surface area contributed by atoms with Crippen molar-refractivity contribution in [3.8, 4) is 0 Å². The molecule has 0 spiro atoms. The first-order valence-corrected chi connectivity index (χ1v) is 7.38. The first-order chi connectivity index (χ1) is 10.1. The molecular formula is C16H17BrN2O2. The van der Waals surface area contributed by atoms with Gasteiger partial charge in [-0.2, -0.15) is 0 Å². The molecule has 110 valence electrons. The second kappa shape index (κ2) is 7.24. The van der Waals surface area contributed by atoms with Crippen LogP contribution in [0.4, 0.5) is 10.5 Å². The molecule has 0 aromatic heterocycles. The van der Waals surface area contributed by atoms with Gasteiger partial charge in [0.1, 0.15) is 0 Å². The highest BCUT2D eigenvalue weighted by atomic mass is 79.9. The Hall–Kier alpha value is -1.85. The van der Waals surface area contributed by atoms with Gasteiger partial charge in [0.2, 0.25) is 0 Å². The molecular weight excluding hydrogens is 332 g/mol. The van der Waals surface area contributed by atoms with E-state index in [-0.39, 0.29) is 12.6 Å². The lowest BCUT2D eigenvalue weighted by Gasteiger charge is -2.11. The number of halogens is 1. The molecule has 0 saturated carbocycles. The number of amides is 2. The van der Waals surface area contributed by atoms with Crippen LogP contribution in [-0.2, 0) is 13.2 Å². The maximum absolute atomic E-state index is 11.9. The number of hydrogen-bond donors (Lipinski definition) is 3. The maximum atomic E-state index is 11.9. The van der Waals surface area contributed by atoms with E-state index in [9.17, 15) is 4.79 Å². The van der Waals surface area contributed by atoms with E-state index in [1.807, 2.05) is 49.4 Å². The van der Waals surface area contributed by atoms with E-state index >= 15 is 0 Å². The molecule has 0 unspecified atom stereocenters. The number of anilines is 1. The molecule has 2 amide bonds. The summed E-state index contributed by atoms with van der Waals surface area (Å²) < 4.78 is 0.877. The molecule has 4 nitrogen and oxygen atoms in total. The van der Waals surface area contributed by atoms with Crippen molar-refractivity contribution in [1.82, 2.24) is 5.32 Å². The number of hydrogen-bond acceptors (Lipinski definition) is 2. The zero-order valence-electron chi connectivity index (χ0n) is 11.7. The van der Waals surface area contributed by atoms with Gasteiger partial charge in [0.25, 0.3) is 0 Å². The quantitative estimate of drug-likeness (QED) is 0.790. The molecule has 0 aliphatic rings. The van der Waals surface area contributed by atoms with Gasteiger partial charge in [-0.05, 0) is 45.6 Å². The van der Waals surface area contributed by atoms with Gasteiger partial charge < -0.3 is 15.7 Å². The van der Waals surface area contributed by atoms with E-state index < -0.39 is 0 Å². The standard InChI is InChI=1S/C16H17BrN2O2/c1-11-4-2-7-14(15(11)17)19-16(21)18-9-12-5-3-6-13(8-12)10-20/h2-8,20H,9-10H2,1H3,(H2,18,19,21). The number of aryl methyl sites for hydroxylation is 1. The monoisotopic (exact) mass is 348 g/mol. The summed E-state index contributed by atoms with van der Waals surface area (Å²) in [6.07, 6.45) is 0. The van der Waals surface area contributed by atoms with E-state index in [0.717, 1.165) is 26.9 Å². The van der Waals surface area contributed by atoms with E-state index in [1.165, 1.54) is 0 Å². The number of aliphatic hydroxyl groups excluding tert-OH is 1. The fraction of sp³-hybridized carbons (Fsp3) is 0.188. The Bertz CT molecular complexity index is 644. The minimum atomic E-state index is -0.268. The first kappa shape index (κ1) is 15.5. The molecule has 2 aromatic rings. The lowest BCUT2D eigenvalue weighted by atomic mass is 10.1. The first-order valence-electron chi connectivity index (χ1n) is 6.59. The molecule has 2 aromatic carbocycles. The summed E-state index contributed by atoms with van der Waals surface area (Å²) in [5.41, 5.74) is 3.57. The zero-order valence-corrected chi connectivity index (χ0v) is 13.3. The maximum Gasteiger partial charge on any atom is 0.319 e. The van der Waals surface area contributed by atoms with Crippen LogP contribution in [0, 0.1) is 6.92 Å². The topological polar surface area (TPSA) is 61.4 Å². The number of carbonyl (C=O) groups is 1. The molecule has 2 rings (SSSR count). The molecule has 0 saturated heterocycles. The summed E-state index contributed by atoms with van der Waals surface area (Å²) in [6, 6.07) is 12.9. The molecule has 0 radical (unpaired) electrons. The number of urea groups is 1. The smallest absolute Gasteiger partial charge is 0.319 e. The fourth-order valence-corrected chi connectivity index (χ4v) is 2.29. The third-order valence-electron chi connectivity index (χ3n) is 3.07. The van der Waals surface area contributed by atoms with Gasteiger partial charge in [0, 0.05) is 11.0 Å². The number of benzene rings is 2. The molecule has 21 heavy (non-hydrogen) atoms. The molecule has 0 aliphatic carbocycles. The summed E-state index contributed by atoms with van der Waals surface area (Å²) in [4.78, 5) is 11.9. The van der Waals surface area contributed by atoms with Crippen LogP contribution in [0.2, 0.25) is 0 Å². The second-order valence-corrected chi connectivity index (χ2v) is 5.52. The van der Waals surface area contributed by atoms with Crippen LogP contribution in [0.3, 0.4) is 0 Å². The number of nitrogens with one attached hydrogen (secondary N) is 2. The Morgan fingerprint density at radius 2 is 1.90 bits per heavy atom. The van der Waals surface area contributed by atoms with Crippen molar-refractivity contribution in [1.29, 1.82) is 0 Å². The van der Waals surface area contributed by atoms with Crippen molar-refractivity contribution in [3.63, 3.8) is 0 Å². The van der Waals surface area contributed by atoms with E-state index in [2.05, 4.69) is 26.6 Å². The van der Waals surface area contributed by atoms with Crippen LogP contribution < -0.4 is 10.6 Å². The van der Waals surface area contributed by atoms with Gasteiger partial charge in [-0.15, -0.1) is 0 Å². The predicted octanol–water partition coefficient (Wildman–Crippen LogP) is 3.57. The fourth-order valence-electron chi connectivity index (χ4n) is 1.93. The normalized spacial score (nSPS) is 10.2. The SMILES string of the molecule is Cc1cccc(NC(=O)NCc2cccc(CO)c2)c1Br. The molecule has 0 aliphatic heterocycles. The Balaban J connectivity index is 1.94. The highest BCUT2D eigenvalue weighted by molar-refractivity contribution is 9.10. The van der Waals surface area contributed by atoms with E-state index in [0.29, 0.717) is 6.54 Å². The summed E-state index contributed by atoms with van der Waals surface area (Å²) in [6.45, 7) is 2.37. The third-order valence-corrected chi connectivity index (χ3v) is 4.12. The van der Waals surface area contributed by atoms with Gasteiger partial charge in [0.15, 0.2) is 0 Å². The van der Waals surface area contributed by atoms with Crippen molar-refractivity contribution in [3.05, 3.63) is 63.6 Å². The van der Waals surface area contributed by atoms with Crippen LogP contribution in [0.15, 0.2) is 46.9 Å². The minimum Gasteiger partial charge on any atom is -0.392 e. The zero-order chi connectivity index (χ0) is 15.2. The number of carbonyl (C=O) groups excluding carboxylic acids is 1. The van der Waals surface area contributed by atoms with Crippen molar-refractivity contribution in [2.75, 3.05) is 5.32 Å². The van der Waals surface area contributed by atoms with Gasteiger partial charge in [-0.25, -0.2) is 4.79 Å². The second-order valence-electron chi connectivity index (χ2n) is 4.72. The molecule has 5 heteroatoms. The number of aliphatic hydroxyl groups is 1. The largest absolute Gasteiger partial charge is 0.392 e. The average Bonchev–Trinajstić information content (AvgIpc) is 2.50. The van der Waals surface area contributed by atoms with Crippen LogP contribution in [0.1, 0.15) is 16.7 Å². The van der Waals surface area contributed by atoms with Crippen LogP contribution in [-0.4, -0.2) is 11.1 Å².